The van der Waals surface area contributed by atoms with Crippen LogP contribution in [0.3, 0.4) is 0 Å². The molecule has 196 valence electrons. The highest BCUT2D eigenvalue weighted by molar-refractivity contribution is 5.84. The lowest BCUT2D eigenvalue weighted by Gasteiger charge is -2.31. The maximum Gasteiger partial charge on any atom is 0.412 e. The molecule has 0 spiro atoms. The van der Waals surface area contributed by atoms with Crippen LogP contribution in [0, 0.1) is 11.6 Å². The number of amides is 2. The van der Waals surface area contributed by atoms with Crippen LogP contribution in [0.5, 0.6) is 0 Å². The number of ether oxygens (including phenoxy) is 2. The molecule has 37 heavy (non-hydrogen) atoms. The molecule has 0 aliphatic heterocycles. The van der Waals surface area contributed by atoms with E-state index in [2.05, 4.69) is 20.6 Å². The summed E-state index contributed by atoms with van der Waals surface area (Å²) < 4.78 is 42.7. The summed E-state index contributed by atoms with van der Waals surface area (Å²) in [6.45, 7) is 0.677. The van der Waals surface area contributed by atoms with E-state index in [1.807, 2.05) is 30.3 Å². The Hall–Kier alpha value is -4.32. The van der Waals surface area contributed by atoms with Crippen LogP contribution in [-0.4, -0.2) is 47.9 Å². The Morgan fingerprint density at radius 3 is 2.57 bits per heavy atom. The van der Waals surface area contributed by atoms with Crippen LogP contribution >= 0.6 is 0 Å². The smallest absolute Gasteiger partial charge is 0.412 e. The fourth-order valence-electron chi connectivity index (χ4n) is 3.41. The molecular formula is C25H26F2N4O6. The van der Waals surface area contributed by atoms with Crippen molar-refractivity contribution in [2.45, 2.75) is 32.4 Å². The maximum absolute atomic E-state index is 14.1. The van der Waals surface area contributed by atoms with Crippen molar-refractivity contribution in [1.82, 2.24) is 15.6 Å². The van der Waals surface area contributed by atoms with Gasteiger partial charge in [0, 0.05) is 37.1 Å². The molecule has 0 saturated carbocycles. The minimum absolute atomic E-state index is 0.0168. The SMILES string of the molecule is COC(=O)CC[C@@H](COC(=O)Nc1cc(-c2ccccc2)on1)N(NCc1cccc(F)c1F)C(C)=O. The molecule has 0 radical (unpaired) electrons. The maximum atomic E-state index is 14.1. The molecule has 10 nitrogen and oxygen atoms in total. The lowest BCUT2D eigenvalue weighted by molar-refractivity contribution is -0.143. The van der Waals surface area contributed by atoms with Crippen molar-refractivity contribution in [3.8, 4) is 11.3 Å². The lowest BCUT2D eigenvalue weighted by Crippen LogP contribution is -2.50. The van der Waals surface area contributed by atoms with E-state index in [0.717, 1.165) is 16.6 Å². The van der Waals surface area contributed by atoms with Gasteiger partial charge in [-0.2, -0.15) is 0 Å². The highest BCUT2D eigenvalue weighted by Crippen LogP contribution is 2.22. The fraction of sp³-hybridized carbons (Fsp3) is 0.280. The van der Waals surface area contributed by atoms with Gasteiger partial charge >= 0.3 is 12.1 Å². The number of benzene rings is 2. The van der Waals surface area contributed by atoms with Crippen LogP contribution in [0.15, 0.2) is 59.1 Å². The van der Waals surface area contributed by atoms with E-state index in [-0.39, 0.29) is 37.4 Å². The minimum Gasteiger partial charge on any atom is -0.469 e. The molecule has 0 bridgehead atoms. The largest absolute Gasteiger partial charge is 0.469 e. The van der Waals surface area contributed by atoms with Crippen LogP contribution in [0.25, 0.3) is 11.3 Å². The molecule has 2 N–H and O–H groups in total. The van der Waals surface area contributed by atoms with E-state index in [1.54, 1.807) is 0 Å². The first-order valence-electron chi connectivity index (χ1n) is 11.3. The third kappa shape index (κ3) is 7.84. The predicted molar refractivity (Wildman–Crippen MR) is 128 cm³/mol. The average molecular weight is 517 g/mol. The number of anilines is 1. The molecule has 3 rings (SSSR count). The number of aromatic nitrogens is 1. The Balaban J connectivity index is 1.65. The first-order valence-corrected chi connectivity index (χ1v) is 11.3. The Labute approximate surface area is 211 Å². The second kappa shape index (κ2) is 13.1. The average Bonchev–Trinajstić information content (AvgIpc) is 3.36. The number of nitrogens with one attached hydrogen (secondary N) is 2. The highest BCUT2D eigenvalue weighted by Gasteiger charge is 2.25. The van der Waals surface area contributed by atoms with Crippen LogP contribution in [-0.2, 0) is 25.6 Å². The molecule has 2 aromatic carbocycles. The molecule has 0 aliphatic rings. The molecule has 1 heterocycles. The summed E-state index contributed by atoms with van der Waals surface area (Å²) >= 11 is 0. The van der Waals surface area contributed by atoms with Crippen molar-refractivity contribution in [2.24, 2.45) is 0 Å². The highest BCUT2D eigenvalue weighted by atomic mass is 19.2. The Morgan fingerprint density at radius 1 is 1.11 bits per heavy atom. The summed E-state index contributed by atoms with van der Waals surface area (Å²) in [5.41, 5.74) is 3.47. The third-order valence-corrected chi connectivity index (χ3v) is 5.29. The van der Waals surface area contributed by atoms with Gasteiger partial charge in [0.05, 0.1) is 13.2 Å². The third-order valence-electron chi connectivity index (χ3n) is 5.29. The minimum atomic E-state index is -1.05. The summed E-state index contributed by atoms with van der Waals surface area (Å²) in [5, 5.41) is 7.31. The van der Waals surface area contributed by atoms with Gasteiger partial charge in [0.1, 0.15) is 6.61 Å². The normalized spacial score (nSPS) is 11.5. The van der Waals surface area contributed by atoms with E-state index >= 15 is 0 Å². The first kappa shape index (κ1) is 27.3. The Morgan fingerprint density at radius 2 is 1.86 bits per heavy atom. The summed E-state index contributed by atoms with van der Waals surface area (Å²) in [4.78, 5) is 36.4. The number of rotatable bonds is 11. The number of carbonyl (C=O) groups excluding carboxylic acids is 3. The second-order valence-corrected chi connectivity index (χ2v) is 7.87. The van der Waals surface area contributed by atoms with Gasteiger partial charge in [-0.1, -0.05) is 47.6 Å². The van der Waals surface area contributed by atoms with Crippen molar-refractivity contribution in [1.29, 1.82) is 0 Å². The van der Waals surface area contributed by atoms with Gasteiger partial charge in [-0.3, -0.25) is 19.9 Å². The summed E-state index contributed by atoms with van der Waals surface area (Å²) in [6.07, 6.45) is -0.911. The number of methoxy groups -OCH3 is 1. The zero-order valence-corrected chi connectivity index (χ0v) is 20.2. The van der Waals surface area contributed by atoms with Gasteiger partial charge in [-0.25, -0.2) is 19.0 Å². The number of hydrogen-bond acceptors (Lipinski definition) is 8. The molecule has 0 aliphatic carbocycles. The summed E-state index contributed by atoms with van der Waals surface area (Å²) in [6, 6.07) is 13.5. The van der Waals surface area contributed by atoms with Crippen molar-refractivity contribution < 1.29 is 37.2 Å². The molecule has 2 amide bonds. The predicted octanol–water partition coefficient (Wildman–Crippen LogP) is 4.04. The number of esters is 1. The van der Waals surface area contributed by atoms with Crippen molar-refractivity contribution in [3.63, 3.8) is 0 Å². The molecule has 3 aromatic rings. The van der Waals surface area contributed by atoms with E-state index in [1.165, 1.54) is 32.2 Å². The van der Waals surface area contributed by atoms with E-state index < -0.39 is 35.6 Å². The quantitative estimate of drug-likeness (QED) is 0.289. The van der Waals surface area contributed by atoms with Gasteiger partial charge in [-0.15, -0.1) is 0 Å². The van der Waals surface area contributed by atoms with Crippen LogP contribution in [0.1, 0.15) is 25.3 Å². The zero-order chi connectivity index (χ0) is 26.8. The number of nitrogens with zero attached hydrogens (tertiary/aromatic N) is 2. The standard InChI is InChI=1S/C25H26F2N4O6/c1-16(32)31(28-14-18-9-6-10-20(26)24(18)27)19(11-12-23(33)35-2)15-36-25(34)29-22-13-21(37-30-22)17-7-4-3-5-8-17/h3-10,13,19,28H,11-12,14-15H2,1-2H3,(H,29,30,34)/t19-/m0/s1. The van der Waals surface area contributed by atoms with Crippen molar-refractivity contribution >= 4 is 23.8 Å². The summed E-state index contributed by atoms with van der Waals surface area (Å²) in [7, 11) is 1.22. The van der Waals surface area contributed by atoms with E-state index in [4.69, 9.17) is 9.26 Å². The summed E-state index contributed by atoms with van der Waals surface area (Å²) in [5.74, 6) is -2.58. The molecule has 1 aromatic heterocycles. The van der Waals surface area contributed by atoms with Gasteiger partial charge < -0.3 is 14.0 Å². The zero-order valence-electron chi connectivity index (χ0n) is 20.2. The van der Waals surface area contributed by atoms with Gasteiger partial charge in [-0.05, 0) is 12.5 Å². The van der Waals surface area contributed by atoms with Crippen LogP contribution in [0.4, 0.5) is 19.4 Å². The number of hydrogen-bond donors (Lipinski definition) is 2. The molecule has 0 saturated heterocycles. The molecule has 1 atom stereocenters. The van der Waals surface area contributed by atoms with Crippen LogP contribution < -0.4 is 10.7 Å². The first-order chi connectivity index (χ1) is 17.8. The molecule has 0 fully saturated rings. The van der Waals surface area contributed by atoms with E-state index in [0.29, 0.717) is 5.76 Å². The van der Waals surface area contributed by atoms with Crippen molar-refractivity contribution in [2.75, 3.05) is 19.0 Å². The Bertz CT molecular complexity index is 1220. The number of halogens is 2. The topological polar surface area (TPSA) is 123 Å². The number of carbonyl (C=O) groups is 3. The second-order valence-electron chi connectivity index (χ2n) is 7.87. The molecular weight excluding hydrogens is 490 g/mol. The monoisotopic (exact) mass is 516 g/mol. The van der Waals surface area contributed by atoms with Gasteiger partial charge in [0.15, 0.2) is 23.2 Å². The van der Waals surface area contributed by atoms with Crippen LogP contribution in [0.2, 0.25) is 0 Å². The van der Waals surface area contributed by atoms with E-state index in [9.17, 15) is 23.2 Å². The number of hydrazine groups is 1. The lowest BCUT2D eigenvalue weighted by atomic mass is 10.1. The van der Waals surface area contributed by atoms with Gasteiger partial charge in [0.25, 0.3) is 0 Å². The molecule has 12 heteroatoms. The van der Waals surface area contributed by atoms with Crippen molar-refractivity contribution in [3.05, 3.63) is 71.8 Å². The molecule has 0 unspecified atom stereocenters. The van der Waals surface area contributed by atoms with Gasteiger partial charge in [0.2, 0.25) is 5.91 Å². The Kier molecular flexibility index (Phi) is 9.67. The fourth-order valence-corrected chi connectivity index (χ4v) is 3.41.